The van der Waals surface area contributed by atoms with E-state index in [0.717, 1.165) is 16.3 Å². The molecule has 0 fully saturated rings. The molecule has 2 aromatic carbocycles. The van der Waals surface area contributed by atoms with Gasteiger partial charge in [0, 0.05) is 29.7 Å². The predicted octanol–water partition coefficient (Wildman–Crippen LogP) is 3.44. The van der Waals surface area contributed by atoms with Gasteiger partial charge in [-0.15, -0.1) is 11.3 Å². The van der Waals surface area contributed by atoms with Crippen molar-refractivity contribution in [2.45, 2.75) is 6.42 Å². The number of nitrogens with zero attached hydrogens (tertiary/aromatic N) is 2. The summed E-state index contributed by atoms with van der Waals surface area (Å²) in [5.74, 6) is -0.605. The Balaban J connectivity index is 1.47. The van der Waals surface area contributed by atoms with Gasteiger partial charge in [0.25, 0.3) is 0 Å². The van der Waals surface area contributed by atoms with Gasteiger partial charge in [0.05, 0.1) is 17.6 Å². The summed E-state index contributed by atoms with van der Waals surface area (Å²) in [4.78, 5) is 28.3. The maximum Gasteiger partial charge on any atom is 0.419 e. The van der Waals surface area contributed by atoms with Crippen LogP contribution in [0, 0.1) is 0 Å². The fraction of sp³-hybridized carbons (Fsp3) is 0.105. The summed E-state index contributed by atoms with van der Waals surface area (Å²) in [6, 6.07) is 15.0. The third-order valence-corrected chi connectivity index (χ3v) is 4.93. The monoisotopic (exact) mass is 365 g/mol. The lowest BCUT2D eigenvalue weighted by Gasteiger charge is -2.04. The van der Waals surface area contributed by atoms with Crippen molar-refractivity contribution in [3.8, 4) is 10.6 Å². The molecule has 0 saturated heterocycles. The molecule has 6 nitrogen and oxygen atoms in total. The molecule has 26 heavy (non-hydrogen) atoms. The molecule has 2 heterocycles. The normalized spacial score (nSPS) is 11.0. The summed E-state index contributed by atoms with van der Waals surface area (Å²) in [7, 11) is 1.64. The summed E-state index contributed by atoms with van der Waals surface area (Å²) in [6.07, 6.45) is 0.181. The average molecular weight is 365 g/mol. The summed E-state index contributed by atoms with van der Waals surface area (Å²) < 4.78 is 6.55. The Kier molecular flexibility index (Phi) is 4.14. The number of benzene rings is 2. The van der Waals surface area contributed by atoms with E-state index in [1.165, 1.54) is 15.9 Å². The van der Waals surface area contributed by atoms with E-state index in [-0.39, 0.29) is 12.3 Å². The molecule has 7 heteroatoms. The minimum absolute atomic E-state index is 0.174. The van der Waals surface area contributed by atoms with Crippen molar-refractivity contribution in [2.75, 3.05) is 5.32 Å². The molecule has 130 valence electrons. The number of fused-ring (bicyclic) bond motifs is 1. The van der Waals surface area contributed by atoms with Crippen LogP contribution < -0.4 is 11.1 Å². The summed E-state index contributed by atoms with van der Waals surface area (Å²) in [5, 5.41) is 5.59. The third kappa shape index (κ3) is 3.16. The van der Waals surface area contributed by atoms with E-state index in [9.17, 15) is 9.59 Å². The molecular weight excluding hydrogens is 350 g/mol. The van der Waals surface area contributed by atoms with Gasteiger partial charge in [0.1, 0.15) is 5.01 Å². The zero-order chi connectivity index (χ0) is 18.1. The molecule has 1 amide bonds. The Bertz CT molecular complexity index is 1140. The number of oxazole rings is 1. The van der Waals surface area contributed by atoms with Crippen LogP contribution in [0.3, 0.4) is 0 Å². The molecule has 0 bridgehead atoms. The number of anilines is 1. The third-order valence-electron chi connectivity index (χ3n) is 3.99. The van der Waals surface area contributed by atoms with E-state index >= 15 is 0 Å². The molecule has 0 saturated carbocycles. The van der Waals surface area contributed by atoms with E-state index in [1.807, 2.05) is 35.7 Å². The zero-order valence-corrected chi connectivity index (χ0v) is 14.7. The van der Waals surface area contributed by atoms with Crippen LogP contribution in [0.2, 0.25) is 0 Å². The highest BCUT2D eigenvalue weighted by atomic mass is 32.1. The number of hydrogen-bond donors (Lipinski definition) is 1. The number of aromatic nitrogens is 2. The second-order valence-electron chi connectivity index (χ2n) is 5.84. The summed E-state index contributed by atoms with van der Waals surface area (Å²) >= 11 is 1.51. The largest absolute Gasteiger partial charge is 0.419 e. The Hall–Kier alpha value is -3.19. The molecular formula is C19H15N3O3S. The Morgan fingerprint density at radius 1 is 1.23 bits per heavy atom. The number of amides is 1. The SMILES string of the molecule is Cn1c(=O)oc2cc(NC(=O)Cc3csc(-c4ccccc4)n3)ccc21. The first-order chi connectivity index (χ1) is 12.6. The maximum atomic E-state index is 12.3. The van der Waals surface area contributed by atoms with Crippen molar-refractivity contribution < 1.29 is 9.21 Å². The van der Waals surface area contributed by atoms with E-state index < -0.39 is 5.76 Å². The molecule has 0 aliphatic carbocycles. The van der Waals surface area contributed by atoms with Crippen molar-refractivity contribution in [1.29, 1.82) is 0 Å². The molecule has 2 aromatic heterocycles. The minimum Gasteiger partial charge on any atom is -0.408 e. The highest BCUT2D eigenvalue weighted by Crippen LogP contribution is 2.24. The molecule has 0 unspecified atom stereocenters. The number of thiazole rings is 1. The standard InChI is InChI=1S/C19H15N3O3S/c1-22-15-8-7-13(9-16(15)25-19(22)24)20-17(23)10-14-11-26-18(21-14)12-5-3-2-4-6-12/h2-9,11H,10H2,1H3,(H,20,23). The summed E-state index contributed by atoms with van der Waals surface area (Å²) in [5.41, 5.74) is 3.46. The number of aryl methyl sites for hydroxylation is 1. The Morgan fingerprint density at radius 2 is 2.04 bits per heavy atom. The summed E-state index contributed by atoms with van der Waals surface area (Å²) in [6.45, 7) is 0. The van der Waals surface area contributed by atoms with Crippen LogP contribution in [0.1, 0.15) is 5.69 Å². The van der Waals surface area contributed by atoms with Crippen LogP contribution >= 0.6 is 11.3 Å². The lowest BCUT2D eigenvalue weighted by Crippen LogP contribution is -2.14. The first kappa shape index (κ1) is 16.3. The quantitative estimate of drug-likeness (QED) is 0.601. The average Bonchev–Trinajstić information content (AvgIpc) is 3.20. The van der Waals surface area contributed by atoms with Gasteiger partial charge in [-0.05, 0) is 12.1 Å². The first-order valence-corrected chi connectivity index (χ1v) is 8.87. The number of carbonyl (C=O) groups is 1. The second kappa shape index (κ2) is 6.61. The zero-order valence-electron chi connectivity index (χ0n) is 13.9. The second-order valence-corrected chi connectivity index (χ2v) is 6.70. The Labute approximate surface area is 152 Å². The highest BCUT2D eigenvalue weighted by molar-refractivity contribution is 7.13. The van der Waals surface area contributed by atoms with Crippen LogP contribution in [0.15, 0.2) is 63.1 Å². The molecule has 0 aliphatic rings. The number of nitrogens with one attached hydrogen (secondary N) is 1. The van der Waals surface area contributed by atoms with Gasteiger partial charge in [0.15, 0.2) is 5.58 Å². The molecule has 0 aliphatic heterocycles. The predicted molar refractivity (Wildman–Crippen MR) is 101 cm³/mol. The topological polar surface area (TPSA) is 77.1 Å². The van der Waals surface area contributed by atoms with E-state index in [0.29, 0.717) is 16.8 Å². The fourth-order valence-electron chi connectivity index (χ4n) is 2.68. The molecule has 4 rings (SSSR count). The number of hydrogen-bond acceptors (Lipinski definition) is 5. The van der Waals surface area contributed by atoms with E-state index in [2.05, 4.69) is 10.3 Å². The van der Waals surface area contributed by atoms with Gasteiger partial charge in [-0.25, -0.2) is 9.78 Å². The van der Waals surface area contributed by atoms with Crippen molar-refractivity contribution in [3.63, 3.8) is 0 Å². The van der Waals surface area contributed by atoms with Crippen molar-refractivity contribution >= 4 is 34.0 Å². The van der Waals surface area contributed by atoms with Gasteiger partial charge < -0.3 is 9.73 Å². The number of carbonyl (C=O) groups excluding carboxylic acids is 1. The van der Waals surface area contributed by atoms with Crippen LogP contribution in [-0.2, 0) is 18.3 Å². The molecule has 0 atom stereocenters. The molecule has 0 radical (unpaired) electrons. The fourth-order valence-corrected chi connectivity index (χ4v) is 3.51. The van der Waals surface area contributed by atoms with Crippen LogP contribution in [0.5, 0.6) is 0 Å². The van der Waals surface area contributed by atoms with Crippen LogP contribution in [0.4, 0.5) is 5.69 Å². The van der Waals surface area contributed by atoms with E-state index in [1.54, 1.807) is 25.2 Å². The van der Waals surface area contributed by atoms with Gasteiger partial charge in [-0.3, -0.25) is 9.36 Å². The van der Waals surface area contributed by atoms with Crippen molar-refractivity contribution in [2.24, 2.45) is 7.05 Å². The highest BCUT2D eigenvalue weighted by Gasteiger charge is 2.11. The van der Waals surface area contributed by atoms with Crippen molar-refractivity contribution in [1.82, 2.24) is 9.55 Å². The maximum absolute atomic E-state index is 12.3. The number of rotatable bonds is 4. The van der Waals surface area contributed by atoms with Crippen LogP contribution in [0.25, 0.3) is 21.7 Å². The van der Waals surface area contributed by atoms with Gasteiger partial charge in [0.2, 0.25) is 5.91 Å². The lowest BCUT2D eigenvalue weighted by molar-refractivity contribution is -0.115. The lowest BCUT2D eigenvalue weighted by atomic mass is 10.2. The van der Waals surface area contributed by atoms with Crippen molar-refractivity contribution in [3.05, 3.63) is 70.2 Å². The smallest absolute Gasteiger partial charge is 0.408 e. The first-order valence-electron chi connectivity index (χ1n) is 7.99. The Morgan fingerprint density at radius 3 is 2.85 bits per heavy atom. The van der Waals surface area contributed by atoms with Gasteiger partial charge in [-0.2, -0.15) is 0 Å². The van der Waals surface area contributed by atoms with E-state index in [4.69, 9.17) is 4.42 Å². The van der Waals surface area contributed by atoms with Gasteiger partial charge in [-0.1, -0.05) is 30.3 Å². The minimum atomic E-state index is -0.431. The molecule has 4 aromatic rings. The molecule has 1 N–H and O–H groups in total. The van der Waals surface area contributed by atoms with Crippen LogP contribution in [-0.4, -0.2) is 15.5 Å². The molecule has 0 spiro atoms. The van der Waals surface area contributed by atoms with Gasteiger partial charge >= 0.3 is 5.76 Å².